The third-order valence-corrected chi connectivity index (χ3v) is 1.80. The van der Waals surface area contributed by atoms with Crippen LogP contribution in [0.5, 0.6) is 0 Å². The second-order valence-electron chi connectivity index (χ2n) is 2.63. The van der Waals surface area contributed by atoms with Gasteiger partial charge < -0.3 is 0 Å². The normalized spacial score (nSPS) is 9.50. The Morgan fingerprint density at radius 1 is 1.42 bits per heavy atom. The van der Waals surface area contributed by atoms with Crippen molar-refractivity contribution < 1.29 is 4.79 Å². The molecule has 0 atom stereocenters. The first-order valence-electron chi connectivity index (χ1n) is 3.57. The van der Waals surface area contributed by atoms with E-state index in [9.17, 15) is 4.79 Å². The molecule has 1 aromatic carbocycles. The summed E-state index contributed by atoms with van der Waals surface area (Å²) in [7, 11) is 0. The highest BCUT2D eigenvalue weighted by Crippen LogP contribution is 2.14. The Balaban J connectivity index is 3.12. The molecule has 2 heteroatoms. The van der Waals surface area contributed by atoms with Gasteiger partial charge in [0.15, 0.2) is 0 Å². The van der Waals surface area contributed by atoms with Crippen molar-refractivity contribution in [2.75, 3.05) is 0 Å². The van der Waals surface area contributed by atoms with Crippen molar-refractivity contribution in [3.05, 3.63) is 42.0 Å². The van der Waals surface area contributed by atoms with E-state index < -0.39 is 5.24 Å². The highest BCUT2D eigenvalue weighted by Gasteiger charge is 2.01. The molecule has 1 aromatic rings. The van der Waals surface area contributed by atoms with Gasteiger partial charge in [-0.05, 0) is 30.2 Å². The molecule has 0 amide bonds. The van der Waals surface area contributed by atoms with Crippen LogP contribution in [0.4, 0.5) is 0 Å². The van der Waals surface area contributed by atoms with E-state index in [1.54, 1.807) is 18.2 Å². The zero-order valence-electron chi connectivity index (χ0n) is 6.80. The maximum Gasteiger partial charge on any atom is 0.252 e. The first-order chi connectivity index (χ1) is 5.61. The van der Waals surface area contributed by atoms with Crippen molar-refractivity contribution in [1.82, 2.24) is 0 Å². The van der Waals surface area contributed by atoms with Crippen LogP contribution in [0.15, 0.2) is 30.8 Å². The van der Waals surface area contributed by atoms with Crippen LogP contribution in [0.25, 0.3) is 5.57 Å². The molecule has 0 saturated carbocycles. The van der Waals surface area contributed by atoms with Crippen LogP contribution in [0, 0.1) is 0 Å². The van der Waals surface area contributed by atoms with Gasteiger partial charge in [0.2, 0.25) is 0 Å². The summed E-state index contributed by atoms with van der Waals surface area (Å²) >= 11 is 5.31. The number of hydrogen-bond acceptors (Lipinski definition) is 1. The number of rotatable bonds is 2. The highest BCUT2D eigenvalue weighted by molar-refractivity contribution is 6.67. The van der Waals surface area contributed by atoms with Gasteiger partial charge in [-0.2, -0.15) is 0 Å². The number of halogens is 1. The number of allylic oxidation sites excluding steroid dienone is 1. The molecule has 0 radical (unpaired) electrons. The minimum atomic E-state index is -0.432. The van der Waals surface area contributed by atoms with Gasteiger partial charge in [-0.25, -0.2) is 0 Å². The second kappa shape index (κ2) is 3.55. The van der Waals surface area contributed by atoms with E-state index in [0.717, 1.165) is 11.1 Å². The van der Waals surface area contributed by atoms with E-state index in [4.69, 9.17) is 11.6 Å². The molecule has 1 rings (SSSR count). The second-order valence-corrected chi connectivity index (χ2v) is 2.98. The lowest BCUT2D eigenvalue weighted by molar-refractivity contribution is 0.108. The highest BCUT2D eigenvalue weighted by atomic mass is 35.5. The van der Waals surface area contributed by atoms with Gasteiger partial charge >= 0.3 is 0 Å². The maximum absolute atomic E-state index is 10.8. The van der Waals surface area contributed by atoms with Gasteiger partial charge in [-0.15, -0.1) is 0 Å². The summed E-state index contributed by atoms with van der Waals surface area (Å²) in [6.07, 6.45) is 0. The number of hydrogen-bond donors (Lipinski definition) is 0. The van der Waals surface area contributed by atoms with Crippen LogP contribution in [0.1, 0.15) is 22.8 Å². The zero-order chi connectivity index (χ0) is 9.14. The van der Waals surface area contributed by atoms with Gasteiger partial charge in [0.05, 0.1) is 0 Å². The lowest BCUT2D eigenvalue weighted by Gasteiger charge is -1.99. The summed E-state index contributed by atoms with van der Waals surface area (Å²) in [5.74, 6) is 0. The molecule has 0 aliphatic carbocycles. The van der Waals surface area contributed by atoms with Gasteiger partial charge in [0, 0.05) is 5.56 Å². The zero-order valence-corrected chi connectivity index (χ0v) is 7.56. The Hall–Kier alpha value is -1.08. The smallest absolute Gasteiger partial charge is 0.252 e. The summed E-state index contributed by atoms with van der Waals surface area (Å²) in [4.78, 5) is 10.8. The topological polar surface area (TPSA) is 17.1 Å². The maximum atomic E-state index is 10.8. The van der Waals surface area contributed by atoms with Gasteiger partial charge in [-0.3, -0.25) is 4.79 Å². The third-order valence-electron chi connectivity index (χ3n) is 1.58. The lowest BCUT2D eigenvalue weighted by atomic mass is 10.1. The molecule has 0 aliphatic heterocycles. The van der Waals surface area contributed by atoms with Crippen molar-refractivity contribution in [3.63, 3.8) is 0 Å². The largest absolute Gasteiger partial charge is 0.276 e. The molecule has 0 saturated heterocycles. The Kier molecular flexibility index (Phi) is 2.66. The number of carbonyl (C=O) groups excluding carboxylic acids is 1. The summed E-state index contributed by atoms with van der Waals surface area (Å²) < 4.78 is 0. The summed E-state index contributed by atoms with van der Waals surface area (Å²) in [6, 6.07) is 7.10. The van der Waals surface area contributed by atoms with Crippen LogP contribution < -0.4 is 0 Å². The first-order valence-corrected chi connectivity index (χ1v) is 3.95. The van der Waals surface area contributed by atoms with Gasteiger partial charge in [0.1, 0.15) is 0 Å². The van der Waals surface area contributed by atoms with Crippen LogP contribution in [0.2, 0.25) is 0 Å². The van der Waals surface area contributed by atoms with E-state index in [1.165, 1.54) is 0 Å². The van der Waals surface area contributed by atoms with Crippen LogP contribution in [0.3, 0.4) is 0 Å². The predicted molar refractivity (Wildman–Crippen MR) is 51.3 cm³/mol. The molecule has 0 N–H and O–H groups in total. The fourth-order valence-corrected chi connectivity index (χ4v) is 1.02. The quantitative estimate of drug-likeness (QED) is 0.640. The molecule has 62 valence electrons. The van der Waals surface area contributed by atoms with E-state index >= 15 is 0 Å². The minimum Gasteiger partial charge on any atom is -0.276 e. The van der Waals surface area contributed by atoms with E-state index in [2.05, 4.69) is 6.58 Å². The Labute approximate surface area is 76.7 Å². The summed E-state index contributed by atoms with van der Waals surface area (Å²) in [5.41, 5.74) is 2.38. The average molecular weight is 181 g/mol. The SMILES string of the molecule is C=C(C)c1cccc(C(=O)Cl)c1. The molecular weight excluding hydrogens is 172 g/mol. The fourth-order valence-electron chi connectivity index (χ4n) is 0.907. The van der Waals surface area contributed by atoms with Crippen molar-refractivity contribution in [2.24, 2.45) is 0 Å². The van der Waals surface area contributed by atoms with Crippen molar-refractivity contribution in [2.45, 2.75) is 6.92 Å². The van der Waals surface area contributed by atoms with E-state index in [-0.39, 0.29) is 0 Å². The molecule has 0 unspecified atom stereocenters. The first kappa shape index (κ1) is 9.01. The average Bonchev–Trinajstić information content (AvgIpc) is 2.04. The van der Waals surface area contributed by atoms with Crippen molar-refractivity contribution in [3.8, 4) is 0 Å². The summed E-state index contributed by atoms with van der Waals surface area (Å²) in [6.45, 7) is 5.66. The lowest BCUT2D eigenvalue weighted by Crippen LogP contribution is -1.89. The van der Waals surface area contributed by atoms with Crippen LogP contribution in [-0.4, -0.2) is 5.24 Å². The fraction of sp³-hybridized carbons (Fsp3) is 0.100. The molecular formula is C10H9ClO. The predicted octanol–water partition coefficient (Wildman–Crippen LogP) is 3.10. The number of carbonyl (C=O) groups is 1. The minimum absolute atomic E-state index is 0.432. The van der Waals surface area contributed by atoms with Gasteiger partial charge in [0.25, 0.3) is 5.24 Å². The van der Waals surface area contributed by atoms with E-state index in [0.29, 0.717) is 5.56 Å². The van der Waals surface area contributed by atoms with Crippen LogP contribution >= 0.6 is 11.6 Å². The summed E-state index contributed by atoms with van der Waals surface area (Å²) in [5, 5.41) is -0.432. The molecule has 0 heterocycles. The molecule has 0 aromatic heterocycles. The number of benzene rings is 1. The molecule has 0 bridgehead atoms. The molecule has 0 spiro atoms. The Morgan fingerprint density at radius 2 is 2.00 bits per heavy atom. The Morgan fingerprint density at radius 3 is 2.50 bits per heavy atom. The monoisotopic (exact) mass is 180 g/mol. The molecule has 0 aliphatic rings. The van der Waals surface area contributed by atoms with Crippen LogP contribution in [-0.2, 0) is 0 Å². The molecule has 12 heavy (non-hydrogen) atoms. The Bertz CT molecular complexity index is 299. The van der Waals surface area contributed by atoms with Crippen molar-refractivity contribution in [1.29, 1.82) is 0 Å². The van der Waals surface area contributed by atoms with E-state index in [1.807, 2.05) is 13.0 Å². The van der Waals surface area contributed by atoms with Crippen molar-refractivity contribution >= 4 is 22.4 Å². The molecule has 0 fully saturated rings. The third kappa shape index (κ3) is 1.95. The standard InChI is InChI=1S/C10H9ClO/c1-7(2)8-4-3-5-9(6-8)10(11)12/h3-6H,1H2,2H3. The van der Waals surface area contributed by atoms with Gasteiger partial charge in [-0.1, -0.05) is 30.4 Å². The molecule has 1 nitrogen and oxygen atoms in total.